The van der Waals surface area contributed by atoms with Gasteiger partial charge in [-0.25, -0.2) is 13.8 Å². The third-order valence-corrected chi connectivity index (χ3v) is 3.66. The Balaban J connectivity index is 1.73. The first-order chi connectivity index (χ1) is 13.1. The second-order valence-electron chi connectivity index (χ2n) is 5.56. The monoisotopic (exact) mass is 369 g/mol. The van der Waals surface area contributed by atoms with Crippen LogP contribution in [0.15, 0.2) is 60.8 Å². The minimum absolute atomic E-state index is 0.151. The third-order valence-electron chi connectivity index (χ3n) is 3.66. The van der Waals surface area contributed by atoms with Gasteiger partial charge in [-0.15, -0.1) is 0 Å². The molecule has 0 bridgehead atoms. The van der Waals surface area contributed by atoms with Crippen LogP contribution < -0.4 is 15.4 Å². The first-order valence-electron chi connectivity index (χ1n) is 8.28. The predicted molar refractivity (Wildman–Crippen MR) is 99.4 cm³/mol. The van der Waals surface area contributed by atoms with Gasteiger partial charge in [0.15, 0.2) is 0 Å². The number of nitrogens with zero attached hydrogens (tertiary/aromatic N) is 1. The Kier molecular flexibility index (Phi) is 5.61. The average molecular weight is 369 g/mol. The zero-order chi connectivity index (χ0) is 19.2. The summed E-state index contributed by atoms with van der Waals surface area (Å²) in [5.74, 6) is -1.02. The maximum atomic E-state index is 13.8. The van der Waals surface area contributed by atoms with Crippen LogP contribution in [0, 0.1) is 11.6 Å². The van der Waals surface area contributed by atoms with Crippen LogP contribution in [-0.4, -0.2) is 17.5 Å². The maximum Gasteiger partial charge on any atom is 0.255 e. The molecule has 5 nitrogen and oxygen atoms in total. The molecule has 1 heterocycles. The topological polar surface area (TPSA) is 63.2 Å². The zero-order valence-corrected chi connectivity index (χ0v) is 14.5. The molecule has 0 saturated carbocycles. The number of hydrogen-bond acceptors (Lipinski definition) is 4. The van der Waals surface area contributed by atoms with E-state index in [0.29, 0.717) is 18.0 Å². The fourth-order valence-electron chi connectivity index (χ4n) is 2.39. The van der Waals surface area contributed by atoms with Gasteiger partial charge in [0.2, 0.25) is 0 Å². The molecule has 0 saturated heterocycles. The molecule has 0 atom stereocenters. The van der Waals surface area contributed by atoms with E-state index in [1.54, 1.807) is 24.3 Å². The largest absolute Gasteiger partial charge is 0.494 e. The van der Waals surface area contributed by atoms with Crippen LogP contribution in [0.1, 0.15) is 17.3 Å². The number of rotatable bonds is 6. The van der Waals surface area contributed by atoms with Crippen LogP contribution in [0.2, 0.25) is 0 Å². The van der Waals surface area contributed by atoms with Crippen molar-refractivity contribution in [2.24, 2.45) is 0 Å². The van der Waals surface area contributed by atoms with E-state index in [-0.39, 0.29) is 23.0 Å². The number of hydrogen-bond donors (Lipinski definition) is 2. The average Bonchev–Trinajstić information content (AvgIpc) is 2.67. The number of carbonyl (C=O) groups excluding carboxylic acids is 1. The fourth-order valence-corrected chi connectivity index (χ4v) is 2.39. The Morgan fingerprint density at radius 1 is 1.07 bits per heavy atom. The van der Waals surface area contributed by atoms with Crippen molar-refractivity contribution < 1.29 is 18.3 Å². The van der Waals surface area contributed by atoms with Crippen molar-refractivity contribution in [3.05, 3.63) is 78.0 Å². The second-order valence-corrected chi connectivity index (χ2v) is 5.56. The Hall–Kier alpha value is -3.48. The van der Waals surface area contributed by atoms with Gasteiger partial charge in [0.1, 0.15) is 28.9 Å². The van der Waals surface area contributed by atoms with E-state index in [2.05, 4.69) is 15.6 Å². The molecule has 3 aromatic rings. The number of benzene rings is 2. The van der Waals surface area contributed by atoms with Crippen LogP contribution in [0.4, 0.5) is 26.0 Å². The zero-order valence-electron chi connectivity index (χ0n) is 14.5. The summed E-state index contributed by atoms with van der Waals surface area (Å²) in [6.07, 6.45) is 1.38. The number of ether oxygens (including phenoxy) is 1. The van der Waals surface area contributed by atoms with Crippen molar-refractivity contribution in [2.45, 2.75) is 6.92 Å². The van der Waals surface area contributed by atoms with Gasteiger partial charge in [0, 0.05) is 17.4 Å². The van der Waals surface area contributed by atoms with E-state index in [0.717, 1.165) is 12.1 Å². The van der Waals surface area contributed by atoms with Crippen molar-refractivity contribution >= 4 is 23.1 Å². The number of nitrogens with one attached hydrogen (secondary N) is 2. The van der Waals surface area contributed by atoms with Crippen LogP contribution in [0.25, 0.3) is 0 Å². The minimum atomic E-state index is -0.749. The van der Waals surface area contributed by atoms with Gasteiger partial charge in [-0.05, 0) is 55.5 Å². The lowest BCUT2D eigenvalue weighted by Crippen LogP contribution is -2.12. The molecule has 0 radical (unpaired) electrons. The van der Waals surface area contributed by atoms with Crippen molar-refractivity contribution in [1.29, 1.82) is 0 Å². The summed E-state index contributed by atoms with van der Waals surface area (Å²) in [5.41, 5.74) is 0.558. The summed E-state index contributed by atoms with van der Waals surface area (Å²) < 4.78 is 32.9. The lowest BCUT2D eigenvalue weighted by atomic mass is 10.2. The van der Waals surface area contributed by atoms with Gasteiger partial charge in [-0.3, -0.25) is 4.79 Å². The second kappa shape index (κ2) is 8.27. The fraction of sp³-hybridized carbons (Fsp3) is 0.100. The summed E-state index contributed by atoms with van der Waals surface area (Å²) in [6.45, 7) is 2.44. The minimum Gasteiger partial charge on any atom is -0.494 e. The molecule has 0 aliphatic heterocycles. The molecule has 1 amide bonds. The Morgan fingerprint density at radius 3 is 2.44 bits per heavy atom. The highest BCUT2D eigenvalue weighted by molar-refractivity contribution is 6.04. The van der Waals surface area contributed by atoms with E-state index in [9.17, 15) is 13.6 Å². The highest BCUT2D eigenvalue weighted by Gasteiger charge is 2.12. The number of aromatic nitrogens is 1. The molecule has 138 valence electrons. The Bertz CT molecular complexity index is 926. The summed E-state index contributed by atoms with van der Waals surface area (Å²) in [4.78, 5) is 16.4. The molecule has 7 heteroatoms. The summed E-state index contributed by atoms with van der Waals surface area (Å²) in [7, 11) is 0. The maximum absolute atomic E-state index is 13.8. The van der Waals surface area contributed by atoms with E-state index in [4.69, 9.17) is 4.74 Å². The highest BCUT2D eigenvalue weighted by Crippen LogP contribution is 2.23. The van der Waals surface area contributed by atoms with Gasteiger partial charge in [-0.2, -0.15) is 0 Å². The molecular formula is C20H17F2N3O2. The number of anilines is 3. The molecule has 3 rings (SSSR count). The van der Waals surface area contributed by atoms with E-state index in [1.165, 1.54) is 24.4 Å². The predicted octanol–water partition coefficient (Wildman–Crippen LogP) is 4.75. The smallest absolute Gasteiger partial charge is 0.255 e. The van der Waals surface area contributed by atoms with E-state index >= 15 is 0 Å². The molecule has 0 unspecified atom stereocenters. The number of pyridine rings is 1. The number of para-hydroxylation sites is 1. The van der Waals surface area contributed by atoms with Gasteiger partial charge < -0.3 is 15.4 Å². The van der Waals surface area contributed by atoms with Crippen LogP contribution in [-0.2, 0) is 0 Å². The van der Waals surface area contributed by atoms with Gasteiger partial charge in [0.05, 0.1) is 6.61 Å². The van der Waals surface area contributed by atoms with Crippen molar-refractivity contribution in [1.82, 2.24) is 4.98 Å². The van der Waals surface area contributed by atoms with Gasteiger partial charge in [0.25, 0.3) is 5.91 Å². The summed E-state index contributed by atoms with van der Waals surface area (Å²) in [6, 6.07) is 13.4. The molecule has 0 fully saturated rings. The Morgan fingerprint density at radius 2 is 1.78 bits per heavy atom. The normalized spacial score (nSPS) is 10.3. The summed E-state index contributed by atoms with van der Waals surface area (Å²) in [5, 5.41) is 5.31. The van der Waals surface area contributed by atoms with Crippen LogP contribution in [0.5, 0.6) is 5.75 Å². The quantitative estimate of drug-likeness (QED) is 0.658. The molecule has 27 heavy (non-hydrogen) atoms. The molecule has 2 aromatic carbocycles. The van der Waals surface area contributed by atoms with Crippen molar-refractivity contribution in [3.63, 3.8) is 0 Å². The summed E-state index contributed by atoms with van der Waals surface area (Å²) >= 11 is 0. The van der Waals surface area contributed by atoms with E-state index in [1.807, 2.05) is 6.92 Å². The van der Waals surface area contributed by atoms with Crippen molar-refractivity contribution in [2.75, 3.05) is 17.2 Å². The molecule has 2 N–H and O–H groups in total. The van der Waals surface area contributed by atoms with E-state index < -0.39 is 11.6 Å². The van der Waals surface area contributed by atoms with Crippen LogP contribution in [0.3, 0.4) is 0 Å². The van der Waals surface area contributed by atoms with Crippen molar-refractivity contribution in [3.8, 4) is 5.75 Å². The molecule has 0 aliphatic carbocycles. The lowest BCUT2D eigenvalue weighted by molar-refractivity contribution is 0.102. The number of amides is 1. The molecule has 1 aromatic heterocycles. The first kappa shape index (κ1) is 18.3. The number of halogens is 2. The van der Waals surface area contributed by atoms with Gasteiger partial charge in [-0.1, -0.05) is 6.07 Å². The molecule has 0 spiro atoms. The third kappa shape index (κ3) is 4.58. The first-order valence-corrected chi connectivity index (χ1v) is 8.28. The Labute approximate surface area is 155 Å². The highest BCUT2D eigenvalue weighted by atomic mass is 19.1. The lowest BCUT2D eigenvalue weighted by Gasteiger charge is -2.10. The number of carbonyl (C=O) groups is 1. The molecule has 0 aliphatic rings. The van der Waals surface area contributed by atoms with Crippen LogP contribution >= 0.6 is 0 Å². The standard InChI is InChI=1S/C20H17F2N3O2/c1-2-27-15-8-6-14(7-9-15)24-20(26)13-10-11-23-18(12-13)25-19-16(21)4-3-5-17(19)22/h3-12H,2H2,1H3,(H,23,25)(H,24,26). The SMILES string of the molecule is CCOc1ccc(NC(=O)c2ccnc(Nc3c(F)cccc3F)c2)cc1. The molecular weight excluding hydrogens is 352 g/mol. The van der Waals surface area contributed by atoms with Gasteiger partial charge >= 0.3 is 0 Å².